The van der Waals surface area contributed by atoms with E-state index in [1.807, 2.05) is 48.5 Å². The van der Waals surface area contributed by atoms with Crippen LogP contribution >= 0.6 is 0 Å². The summed E-state index contributed by atoms with van der Waals surface area (Å²) < 4.78 is 0. The van der Waals surface area contributed by atoms with Crippen LogP contribution in [-0.4, -0.2) is 11.9 Å². The molecule has 0 aliphatic carbocycles. The van der Waals surface area contributed by atoms with Gasteiger partial charge in [-0.1, -0.05) is 60.7 Å². The van der Waals surface area contributed by atoms with E-state index in [9.17, 15) is 4.79 Å². The number of nitrogens with one attached hydrogen (secondary N) is 1. The largest absolute Gasteiger partial charge is 0.348 e. The lowest BCUT2D eigenvalue weighted by Gasteiger charge is -2.20. The average molecular weight is 282 g/mol. The van der Waals surface area contributed by atoms with E-state index in [-0.39, 0.29) is 11.9 Å². The van der Waals surface area contributed by atoms with Gasteiger partial charge in [-0.05, 0) is 30.9 Å². The Hall–Kier alpha value is -2.13. The second-order valence-corrected chi connectivity index (χ2v) is 5.28. The first-order valence-electron chi connectivity index (χ1n) is 7.31. The minimum atomic E-state index is -0.493. The molecular formula is C18H22N2O. The minimum absolute atomic E-state index is 0.00935. The average Bonchev–Trinajstić information content (AvgIpc) is 2.53. The van der Waals surface area contributed by atoms with Gasteiger partial charge in [0.1, 0.15) is 0 Å². The number of hydrogen-bond donors (Lipinski definition) is 2. The first kappa shape index (κ1) is 15.3. The molecule has 0 aromatic heterocycles. The Labute approximate surface area is 126 Å². The molecule has 0 spiro atoms. The first-order chi connectivity index (χ1) is 10.2. The second kappa shape index (κ2) is 7.60. The molecule has 2 aromatic carbocycles. The molecule has 1 amide bonds. The maximum atomic E-state index is 11.9. The molecule has 0 heterocycles. The van der Waals surface area contributed by atoms with Crippen LogP contribution in [0.25, 0.3) is 0 Å². The zero-order chi connectivity index (χ0) is 15.1. The molecular weight excluding hydrogens is 260 g/mol. The summed E-state index contributed by atoms with van der Waals surface area (Å²) in [7, 11) is 0. The summed E-state index contributed by atoms with van der Waals surface area (Å²) in [6, 6.07) is 19.8. The van der Waals surface area contributed by atoms with Crippen molar-refractivity contribution in [1.82, 2.24) is 5.32 Å². The summed E-state index contributed by atoms with van der Waals surface area (Å²) in [5.74, 6) is -0.114. The van der Waals surface area contributed by atoms with Gasteiger partial charge in [0.25, 0.3) is 0 Å². The van der Waals surface area contributed by atoms with Crippen molar-refractivity contribution in [2.45, 2.75) is 31.8 Å². The molecule has 21 heavy (non-hydrogen) atoms. The quantitative estimate of drug-likeness (QED) is 0.856. The molecule has 3 nitrogen and oxygen atoms in total. The molecule has 3 heteroatoms. The number of rotatable bonds is 6. The van der Waals surface area contributed by atoms with E-state index >= 15 is 0 Å². The second-order valence-electron chi connectivity index (χ2n) is 5.28. The molecule has 0 radical (unpaired) electrons. The predicted molar refractivity (Wildman–Crippen MR) is 85.7 cm³/mol. The third-order valence-electron chi connectivity index (χ3n) is 3.50. The number of hydrogen-bond acceptors (Lipinski definition) is 2. The fourth-order valence-corrected chi connectivity index (χ4v) is 2.27. The highest BCUT2D eigenvalue weighted by atomic mass is 16.2. The van der Waals surface area contributed by atoms with Crippen LogP contribution < -0.4 is 11.1 Å². The van der Waals surface area contributed by atoms with E-state index in [0.29, 0.717) is 0 Å². The Morgan fingerprint density at radius 3 is 2.19 bits per heavy atom. The molecule has 0 aliphatic heterocycles. The zero-order valence-corrected chi connectivity index (χ0v) is 12.3. The zero-order valence-electron chi connectivity index (χ0n) is 12.3. The SMILES string of the molecule is CC(N)C(=O)NC(CCc1ccccc1)c1ccccc1. The highest BCUT2D eigenvalue weighted by Crippen LogP contribution is 2.19. The number of aryl methyl sites for hydroxylation is 1. The lowest BCUT2D eigenvalue weighted by atomic mass is 9.98. The number of benzene rings is 2. The monoisotopic (exact) mass is 282 g/mol. The van der Waals surface area contributed by atoms with Gasteiger partial charge in [0.15, 0.2) is 0 Å². The Kier molecular flexibility index (Phi) is 5.52. The molecule has 2 rings (SSSR count). The van der Waals surface area contributed by atoms with E-state index < -0.39 is 6.04 Å². The molecule has 110 valence electrons. The van der Waals surface area contributed by atoms with Gasteiger partial charge in [-0.15, -0.1) is 0 Å². The van der Waals surface area contributed by atoms with Crippen molar-refractivity contribution < 1.29 is 4.79 Å². The number of carbonyl (C=O) groups excluding carboxylic acids is 1. The third kappa shape index (κ3) is 4.72. The van der Waals surface area contributed by atoms with Gasteiger partial charge < -0.3 is 11.1 Å². The number of amides is 1. The Balaban J connectivity index is 2.07. The van der Waals surface area contributed by atoms with E-state index in [2.05, 4.69) is 17.4 Å². The maximum Gasteiger partial charge on any atom is 0.237 e. The van der Waals surface area contributed by atoms with Crippen LogP contribution in [-0.2, 0) is 11.2 Å². The Morgan fingerprint density at radius 1 is 1.05 bits per heavy atom. The summed E-state index contributed by atoms with van der Waals surface area (Å²) in [5, 5.41) is 3.04. The van der Waals surface area contributed by atoms with Gasteiger partial charge in [-0.2, -0.15) is 0 Å². The Bertz CT molecular complexity index is 552. The van der Waals surface area contributed by atoms with Crippen molar-refractivity contribution in [3.8, 4) is 0 Å². The number of carbonyl (C=O) groups is 1. The molecule has 2 aromatic rings. The molecule has 2 atom stereocenters. The van der Waals surface area contributed by atoms with E-state index in [0.717, 1.165) is 18.4 Å². The van der Waals surface area contributed by atoms with Gasteiger partial charge in [-0.3, -0.25) is 4.79 Å². The van der Waals surface area contributed by atoms with Crippen LogP contribution in [0.2, 0.25) is 0 Å². The standard InChI is InChI=1S/C18H22N2O/c1-14(19)18(21)20-17(16-10-6-3-7-11-16)13-12-15-8-4-2-5-9-15/h2-11,14,17H,12-13,19H2,1H3,(H,20,21). The summed E-state index contributed by atoms with van der Waals surface area (Å²) >= 11 is 0. The van der Waals surface area contributed by atoms with Crippen molar-refractivity contribution in [3.05, 3.63) is 71.8 Å². The fraction of sp³-hybridized carbons (Fsp3) is 0.278. The lowest BCUT2D eigenvalue weighted by molar-refractivity contribution is -0.122. The van der Waals surface area contributed by atoms with Crippen molar-refractivity contribution in [3.63, 3.8) is 0 Å². The molecule has 0 bridgehead atoms. The number of nitrogens with two attached hydrogens (primary N) is 1. The maximum absolute atomic E-state index is 11.9. The van der Waals surface area contributed by atoms with E-state index in [4.69, 9.17) is 5.73 Å². The minimum Gasteiger partial charge on any atom is -0.348 e. The first-order valence-corrected chi connectivity index (χ1v) is 7.31. The highest BCUT2D eigenvalue weighted by Gasteiger charge is 2.16. The summed E-state index contributed by atoms with van der Waals surface area (Å²) in [6.07, 6.45) is 1.77. The summed E-state index contributed by atoms with van der Waals surface area (Å²) in [4.78, 5) is 11.9. The smallest absolute Gasteiger partial charge is 0.237 e. The van der Waals surface area contributed by atoms with Crippen LogP contribution in [0.4, 0.5) is 0 Å². The van der Waals surface area contributed by atoms with Crippen LogP contribution in [0.1, 0.15) is 30.5 Å². The highest BCUT2D eigenvalue weighted by molar-refractivity contribution is 5.81. The summed E-state index contributed by atoms with van der Waals surface area (Å²) in [5.41, 5.74) is 8.04. The normalized spacial score (nSPS) is 13.4. The van der Waals surface area contributed by atoms with Gasteiger partial charge >= 0.3 is 0 Å². The van der Waals surface area contributed by atoms with Crippen LogP contribution in [0.15, 0.2) is 60.7 Å². The van der Waals surface area contributed by atoms with Gasteiger partial charge in [0.05, 0.1) is 12.1 Å². The van der Waals surface area contributed by atoms with Gasteiger partial charge in [-0.25, -0.2) is 0 Å². The molecule has 2 unspecified atom stereocenters. The molecule has 0 saturated carbocycles. The van der Waals surface area contributed by atoms with E-state index in [1.54, 1.807) is 6.92 Å². The van der Waals surface area contributed by atoms with Crippen LogP contribution in [0.3, 0.4) is 0 Å². The van der Waals surface area contributed by atoms with Crippen molar-refractivity contribution in [2.75, 3.05) is 0 Å². The van der Waals surface area contributed by atoms with Crippen molar-refractivity contribution >= 4 is 5.91 Å². The van der Waals surface area contributed by atoms with Crippen molar-refractivity contribution in [1.29, 1.82) is 0 Å². The van der Waals surface area contributed by atoms with Crippen LogP contribution in [0, 0.1) is 0 Å². The predicted octanol–water partition coefficient (Wildman–Crippen LogP) is 2.82. The third-order valence-corrected chi connectivity index (χ3v) is 3.50. The topological polar surface area (TPSA) is 55.1 Å². The summed E-state index contributed by atoms with van der Waals surface area (Å²) in [6.45, 7) is 1.70. The van der Waals surface area contributed by atoms with Gasteiger partial charge in [0, 0.05) is 0 Å². The lowest BCUT2D eigenvalue weighted by Crippen LogP contribution is -2.40. The molecule has 0 saturated heterocycles. The molecule has 3 N–H and O–H groups in total. The Morgan fingerprint density at radius 2 is 1.62 bits per heavy atom. The van der Waals surface area contributed by atoms with E-state index in [1.165, 1.54) is 5.56 Å². The molecule has 0 fully saturated rings. The van der Waals surface area contributed by atoms with Crippen LogP contribution in [0.5, 0.6) is 0 Å². The van der Waals surface area contributed by atoms with Gasteiger partial charge in [0.2, 0.25) is 5.91 Å². The molecule has 0 aliphatic rings. The fourth-order valence-electron chi connectivity index (χ4n) is 2.27. The van der Waals surface area contributed by atoms with Crippen molar-refractivity contribution in [2.24, 2.45) is 5.73 Å².